The van der Waals surface area contributed by atoms with Gasteiger partial charge >= 0.3 is 0 Å². The van der Waals surface area contributed by atoms with Crippen LogP contribution in [-0.2, 0) is 6.42 Å². The first-order valence-corrected chi connectivity index (χ1v) is 6.67. The van der Waals surface area contributed by atoms with Gasteiger partial charge in [-0.3, -0.25) is 4.79 Å². The van der Waals surface area contributed by atoms with Crippen molar-refractivity contribution in [2.45, 2.75) is 47.0 Å². The smallest absolute Gasteiger partial charge is 0.165 e. The standard InChI is InChI=1S/C16H24O/c1-5-6-13(4)16(17)15-9-7-14(8-10-15)11-12(2)3/h7-10,12-13H,5-6,11H2,1-4H3. The number of carbonyl (C=O) groups excluding carboxylic acids is 1. The van der Waals surface area contributed by atoms with E-state index in [-0.39, 0.29) is 11.7 Å². The van der Waals surface area contributed by atoms with Crippen molar-refractivity contribution in [3.8, 4) is 0 Å². The van der Waals surface area contributed by atoms with Gasteiger partial charge in [-0.2, -0.15) is 0 Å². The predicted octanol–water partition coefficient (Wildman–Crippen LogP) is 4.50. The van der Waals surface area contributed by atoms with Gasteiger partial charge in [-0.15, -0.1) is 0 Å². The molecule has 0 spiro atoms. The van der Waals surface area contributed by atoms with Gasteiger partial charge in [0.05, 0.1) is 0 Å². The minimum absolute atomic E-state index is 0.149. The molecule has 1 unspecified atom stereocenters. The van der Waals surface area contributed by atoms with Crippen LogP contribution in [0.2, 0.25) is 0 Å². The normalized spacial score (nSPS) is 12.8. The lowest BCUT2D eigenvalue weighted by atomic mass is 9.94. The van der Waals surface area contributed by atoms with E-state index >= 15 is 0 Å². The molecule has 17 heavy (non-hydrogen) atoms. The quantitative estimate of drug-likeness (QED) is 0.660. The highest BCUT2D eigenvalue weighted by Gasteiger charge is 2.13. The lowest BCUT2D eigenvalue weighted by molar-refractivity contribution is 0.0923. The Bertz CT molecular complexity index is 348. The molecule has 1 aromatic carbocycles. The molecule has 0 aliphatic rings. The van der Waals surface area contributed by atoms with Crippen LogP contribution in [0, 0.1) is 11.8 Å². The van der Waals surface area contributed by atoms with Crippen LogP contribution in [0.5, 0.6) is 0 Å². The highest BCUT2D eigenvalue weighted by molar-refractivity contribution is 5.97. The number of benzene rings is 1. The van der Waals surface area contributed by atoms with Crippen LogP contribution < -0.4 is 0 Å². The number of Topliss-reactive ketones (excluding diaryl/α,β-unsaturated/α-hetero) is 1. The fourth-order valence-corrected chi connectivity index (χ4v) is 2.13. The van der Waals surface area contributed by atoms with E-state index in [1.54, 1.807) is 0 Å². The third-order valence-electron chi connectivity index (χ3n) is 3.05. The zero-order chi connectivity index (χ0) is 12.8. The minimum Gasteiger partial charge on any atom is -0.294 e. The monoisotopic (exact) mass is 232 g/mol. The number of hydrogen-bond donors (Lipinski definition) is 0. The van der Waals surface area contributed by atoms with Crippen molar-refractivity contribution in [3.05, 3.63) is 35.4 Å². The Morgan fingerprint density at radius 3 is 2.18 bits per heavy atom. The second kappa shape index (κ2) is 6.58. The summed E-state index contributed by atoms with van der Waals surface area (Å²) < 4.78 is 0. The Morgan fingerprint density at radius 1 is 1.12 bits per heavy atom. The molecular weight excluding hydrogens is 208 g/mol. The second-order valence-corrected chi connectivity index (χ2v) is 5.35. The number of rotatable bonds is 6. The fourth-order valence-electron chi connectivity index (χ4n) is 2.13. The molecule has 0 saturated carbocycles. The second-order valence-electron chi connectivity index (χ2n) is 5.35. The summed E-state index contributed by atoms with van der Waals surface area (Å²) in [6, 6.07) is 8.14. The fraction of sp³-hybridized carbons (Fsp3) is 0.562. The molecule has 1 rings (SSSR count). The van der Waals surface area contributed by atoms with Crippen molar-refractivity contribution in [3.63, 3.8) is 0 Å². The molecule has 1 atom stereocenters. The predicted molar refractivity (Wildman–Crippen MR) is 73.4 cm³/mol. The molecule has 0 heterocycles. The lowest BCUT2D eigenvalue weighted by Crippen LogP contribution is -2.11. The number of hydrogen-bond acceptors (Lipinski definition) is 1. The molecule has 0 bridgehead atoms. The Kier molecular flexibility index (Phi) is 5.40. The molecule has 1 aromatic rings. The Morgan fingerprint density at radius 2 is 1.71 bits per heavy atom. The molecule has 0 fully saturated rings. The van der Waals surface area contributed by atoms with Gasteiger partial charge in [0.25, 0.3) is 0 Å². The molecule has 0 aliphatic carbocycles. The van der Waals surface area contributed by atoms with Crippen LogP contribution in [-0.4, -0.2) is 5.78 Å². The summed E-state index contributed by atoms with van der Waals surface area (Å²) in [5.41, 5.74) is 2.18. The Labute approximate surface area is 105 Å². The summed E-state index contributed by atoms with van der Waals surface area (Å²) in [7, 11) is 0. The average Bonchev–Trinajstić information content (AvgIpc) is 2.28. The summed E-state index contributed by atoms with van der Waals surface area (Å²) in [6.45, 7) is 8.56. The summed E-state index contributed by atoms with van der Waals surface area (Å²) in [5, 5.41) is 0. The molecular formula is C16H24O. The third-order valence-corrected chi connectivity index (χ3v) is 3.05. The largest absolute Gasteiger partial charge is 0.294 e. The Balaban J connectivity index is 2.70. The third kappa shape index (κ3) is 4.33. The van der Waals surface area contributed by atoms with Gasteiger partial charge in [0.15, 0.2) is 5.78 Å². The van der Waals surface area contributed by atoms with Gasteiger partial charge in [0, 0.05) is 11.5 Å². The van der Waals surface area contributed by atoms with Crippen LogP contribution in [0.4, 0.5) is 0 Å². The van der Waals surface area contributed by atoms with E-state index < -0.39 is 0 Å². The van der Waals surface area contributed by atoms with Crippen molar-refractivity contribution in [1.29, 1.82) is 0 Å². The molecule has 0 radical (unpaired) electrons. The molecule has 0 aliphatic heterocycles. The van der Waals surface area contributed by atoms with Crippen molar-refractivity contribution in [2.75, 3.05) is 0 Å². The molecule has 0 saturated heterocycles. The van der Waals surface area contributed by atoms with Gasteiger partial charge in [0.2, 0.25) is 0 Å². The highest BCUT2D eigenvalue weighted by Crippen LogP contribution is 2.15. The van der Waals surface area contributed by atoms with E-state index in [1.165, 1.54) is 5.56 Å². The average molecular weight is 232 g/mol. The topological polar surface area (TPSA) is 17.1 Å². The summed E-state index contributed by atoms with van der Waals surface area (Å²) >= 11 is 0. The first-order valence-electron chi connectivity index (χ1n) is 6.67. The van der Waals surface area contributed by atoms with Gasteiger partial charge in [-0.05, 0) is 24.3 Å². The van der Waals surface area contributed by atoms with Crippen LogP contribution >= 0.6 is 0 Å². The van der Waals surface area contributed by atoms with E-state index in [0.29, 0.717) is 5.92 Å². The molecule has 0 aromatic heterocycles. The maximum atomic E-state index is 12.1. The molecule has 0 amide bonds. The number of ketones is 1. The summed E-state index contributed by atoms with van der Waals surface area (Å²) in [5.74, 6) is 1.09. The van der Waals surface area contributed by atoms with Gasteiger partial charge in [-0.1, -0.05) is 58.4 Å². The van der Waals surface area contributed by atoms with E-state index in [9.17, 15) is 4.79 Å². The molecule has 1 heteroatoms. The molecule has 1 nitrogen and oxygen atoms in total. The van der Waals surface area contributed by atoms with Crippen molar-refractivity contribution in [2.24, 2.45) is 11.8 Å². The zero-order valence-corrected chi connectivity index (χ0v) is 11.5. The summed E-state index contributed by atoms with van der Waals surface area (Å²) in [6.07, 6.45) is 3.13. The van der Waals surface area contributed by atoms with Crippen molar-refractivity contribution >= 4 is 5.78 Å². The van der Waals surface area contributed by atoms with Crippen LogP contribution in [0.3, 0.4) is 0 Å². The van der Waals surface area contributed by atoms with E-state index in [4.69, 9.17) is 0 Å². The number of carbonyl (C=O) groups is 1. The lowest BCUT2D eigenvalue weighted by Gasteiger charge is -2.10. The van der Waals surface area contributed by atoms with E-state index in [2.05, 4.69) is 32.9 Å². The SMILES string of the molecule is CCCC(C)C(=O)c1ccc(CC(C)C)cc1. The van der Waals surface area contributed by atoms with Crippen LogP contribution in [0.1, 0.15) is 56.5 Å². The van der Waals surface area contributed by atoms with E-state index in [0.717, 1.165) is 24.8 Å². The van der Waals surface area contributed by atoms with Crippen molar-refractivity contribution < 1.29 is 4.79 Å². The maximum absolute atomic E-state index is 12.1. The maximum Gasteiger partial charge on any atom is 0.165 e. The van der Waals surface area contributed by atoms with Gasteiger partial charge in [0.1, 0.15) is 0 Å². The first-order chi connectivity index (χ1) is 8.04. The first kappa shape index (κ1) is 14.0. The van der Waals surface area contributed by atoms with Gasteiger partial charge in [-0.25, -0.2) is 0 Å². The van der Waals surface area contributed by atoms with Crippen molar-refractivity contribution in [1.82, 2.24) is 0 Å². The molecule has 0 N–H and O–H groups in total. The Hall–Kier alpha value is -1.11. The van der Waals surface area contributed by atoms with Crippen LogP contribution in [0.15, 0.2) is 24.3 Å². The van der Waals surface area contributed by atoms with Gasteiger partial charge < -0.3 is 0 Å². The summed E-state index contributed by atoms with van der Waals surface area (Å²) in [4.78, 5) is 12.1. The molecule has 94 valence electrons. The highest BCUT2D eigenvalue weighted by atomic mass is 16.1. The minimum atomic E-state index is 0.149. The van der Waals surface area contributed by atoms with E-state index in [1.807, 2.05) is 19.1 Å². The zero-order valence-electron chi connectivity index (χ0n) is 11.5. The van der Waals surface area contributed by atoms with Crippen LogP contribution in [0.25, 0.3) is 0 Å².